The summed E-state index contributed by atoms with van der Waals surface area (Å²) in [6.07, 6.45) is 0.688. The van der Waals surface area contributed by atoms with Crippen LogP contribution in [0.3, 0.4) is 0 Å². The van der Waals surface area contributed by atoms with E-state index in [-0.39, 0.29) is 22.4 Å². The molecule has 1 heterocycles. The summed E-state index contributed by atoms with van der Waals surface area (Å²) >= 11 is 0. The van der Waals surface area contributed by atoms with Gasteiger partial charge in [0.1, 0.15) is 17.6 Å². The maximum atomic E-state index is 12.8. The van der Waals surface area contributed by atoms with Crippen LogP contribution in [-0.2, 0) is 16.4 Å². The van der Waals surface area contributed by atoms with Crippen molar-refractivity contribution in [1.29, 1.82) is 0 Å². The van der Waals surface area contributed by atoms with Gasteiger partial charge in [-0.3, -0.25) is 14.8 Å². The van der Waals surface area contributed by atoms with Crippen LogP contribution in [0.5, 0.6) is 17.2 Å². The molecule has 1 aliphatic heterocycles. The highest BCUT2D eigenvalue weighted by atomic mass is 32.2. The molecule has 0 saturated carbocycles. The maximum Gasteiger partial charge on any atom is 0.312 e. The predicted molar refractivity (Wildman–Crippen MR) is 102 cm³/mol. The van der Waals surface area contributed by atoms with Gasteiger partial charge in [-0.05, 0) is 32.0 Å². The number of fused-ring (bicyclic) bond motifs is 1. The van der Waals surface area contributed by atoms with Gasteiger partial charge in [-0.2, -0.15) is 0 Å². The van der Waals surface area contributed by atoms with Gasteiger partial charge >= 0.3 is 5.69 Å². The first-order valence-corrected chi connectivity index (χ1v) is 10.0. The first kappa shape index (κ1) is 19.7. The number of nitro benzene ring substituents is 1. The van der Waals surface area contributed by atoms with Crippen LogP contribution in [0, 0.1) is 10.1 Å². The molecule has 1 aliphatic rings. The molecule has 28 heavy (non-hydrogen) atoms. The monoisotopic (exact) mass is 408 g/mol. The van der Waals surface area contributed by atoms with Gasteiger partial charge in [-0.25, -0.2) is 8.42 Å². The van der Waals surface area contributed by atoms with Crippen LogP contribution in [0.4, 0.5) is 11.4 Å². The molecule has 3 rings (SSSR count). The molecular formula is C18H20N2O7S. The summed E-state index contributed by atoms with van der Waals surface area (Å²) in [7, 11) is -2.84. The lowest BCUT2D eigenvalue weighted by molar-refractivity contribution is -0.386. The number of anilines is 1. The van der Waals surface area contributed by atoms with Crippen LogP contribution in [0.2, 0.25) is 0 Å². The van der Waals surface area contributed by atoms with Crippen molar-refractivity contribution in [2.45, 2.75) is 31.3 Å². The smallest absolute Gasteiger partial charge is 0.312 e. The van der Waals surface area contributed by atoms with E-state index >= 15 is 0 Å². The number of nitrogens with zero attached hydrogens (tertiary/aromatic N) is 1. The van der Waals surface area contributed by atoms with Crippen LogP contribution < -0.4 is 18.9 Å². The summed E-state index contributed by atoms with van der Waals surface area (Å²) in [6, 6.07) is 6.74. The summed E-state index contributed by atoms with van der Waals surface area (Å²) in [6.45, 7) is 4.05. The zero-order valence-corrected chi connectivity index (χ0v) is 16.4. The van der Waals surface area contributed by atoms with Crippen LogP contribution >= 0.6 is 0 Å². The van der Waals surface area contributed by atoms with Gasteiger partial charge < -0.3 is 14.2 Å². The summed E-state index contributed by atoms with van der Waals surface area (Å²) < 4.78 is 44.3. The van der Waals surface area contributed by atoms with E-state index in [1.54, 1.807) is 19.1 Å². The summed E-state index contributed by atoms with van der Waals surface area (Å²) in [5.74, 6) is 0.916. The third-order valence-corrected chi connectivity index (χ3v) is 5.56. The van der Waals surface area contributed by atoms with Crippen LogP contribution in [0.15, 0.2) is 35.2 Å². The molecular weight excluding hydrogens is 388 g/mol. The van der Waals surface area contributed by atoms with Gasteiger partial charge in [-0.15, -0.1) is 0 Å². The third-order valence-electron chi connectivity index (χ3n) is 4.20. The number of hydrogen-bond acceptors (Lipinski definition) is 7. The van der Waals surface area contributed by atoms with E-state index in [1.165, 1.54) is 19.2 Å². The highest BCUT2D eigenvalue weighted by Crippen LogP contribution is 2.39. The number of benzene rings is 2. The number of hydrogen-bond donors (Lipinski definition) is 1. The standard InChI is InChI=1S/C18H20N2O7S/c1-4-26-18-8-12-7-11(2)27-17(12)10-14(18)19-28(23,24)13-5-6-16(25-3)15(9-13)20(21)22/h5-6,8-11,19H,4,7H2,1-3H3/t11-/m1/s1. The van der Waals surface area contributed by atoms with Gasteiger partial charge in [0.2, 0.25) is 0 Å². The highest BCUT2D eigenvalue weighted by molar-refractivity contribution is 7.92. The van der Waals surface area contributed by atoms with Crippen molar-refractivity contribution in [3.8, 4) is 17.2 Å². The second kappa shape index (κ2) is 7.55. The summed E-state index contributed by atoms with van der Waals surface area (Å²) in [5, 5.41) is 11.2. The minimum atomic E-state index is -4.11. The molecule has 10 heteroatoms. The second-order valence-corrected chi connectivity index (χ2v) is 7.90. The molecule has 0 amide bonds. The topological polar surface area (TPSA) is 117 Å². The number of methoxy groups -OCH3 is 1. The van der Waals surface area contributed by atoms with E-state index < -0.39 is 20.6 Å². The number of nitrogens with one attached hydrogen (secondary N) is 1. The van der Waals surface area contributed by atoms with E-state index in [0.29, 0.717) is 24.5 Å². The Balaban J connectivity index is 2.00. The first-order valence-electron chi connectivity index (χ1n) is 8.56. The molecule has 0 fully saturated rings. The lowest BCUT2D eigenvalue weighted by atomic mass is 10.1. The normalized spacial score (nSPS) is 15.5. The SMILES string of the molecule is CCOc1cc2c(cc1NS(=O)(=O)c1ccc(OC)c([N+](=O)[O-])c1)O[C@H](C)C2. The number of ether oxygens (including phenoxy) is 3. The molecule has 0 radical (unpaired) electrons. The first-order chi connectivity index (χ1) is 13.2. The zero-order chi connectivity index (χ0) is 20.5. The third kappa shape index (κ3) is 3.81. The molecule has 1 N–H and O–H groups in total. The lowest BCUT2D eigenvalue weighted by Gasteiger charge is -2.15. The number of rotatable bonds is 7. The van der Waals surface area contributed by atoms with Crippen LogP contribution in [-0.4, -0.2) is 33.2 Å². The minimum Gasteiger partial charge on any atom is -0.492 e. The average Bonchev–Trinajstić information content (AvgIpc) is 3.00. The predicted octanol–water partition coefficient (Wildman–Crippen LogP) is 3.13. The molecule has 0 aromatic heterocycles. The molecule has 1 atom stereocenters. The van der Waals surface area contributed by atoms with E-state index in [0.717, 1.165) is 11.6 Å². The molecule has 2 aromatic carbocycles. The van der Waals surface area contributed by atoms with Gasteiger partial charge in [-0.1, -0.05) is 0 Å². The number of nitro groups is 1. The second-order valence-electron chi connectivity index (χ2n) is 6.22. The fraction of sp³-hybridized carbons (Fsp3) is 0.333. The molecule has 0 unspecified atom stereocenters. The van der Waals surface area contributed by atoms with E-state index in [2.05, 4.69) is 4.72 Å². The van der Waals surface area contributed by atoms with E-state index in [1.807, 2.05) is 6.92 Å². The molecule has 2 aromatic rings. The fourth-order valence-electron chi connectivity index (χ4n) is 2.98. The number of sulfonamides is 1. The van der Waals surface area contributed by atoms with E-state index in [9.17, 15) is 18.5 Å². The van der Waals surface area contributed by atoms with Gasteiger partial charge in [0, 0.05) is 24.1 Å². The average molecular weight is 408 g/mol. The Morgan fingerprint density at radius 2 is 2.04 bits per heavy atom. The van der Waals surface area contributed by atoms with Gasteiger partial charge in [0.05, 0.1) is 29.2 Å². The Labute approximate surface area is 162 Å². The van der Waals surface area contributed by atoms with Crippen molar-refractivity contribution in [2.24, 2.45) is 0 Å². The Hall–Kier alpha value is -3.01. The van der Waals surface area contributed by atoms with Crippen molar-refractivity contribution in [2.75, 3.05) is 18.4 Å². The quantitative estimate of drug-likeness (QED) is 0.552. The van der Waals surface area contributed by atoms with Crippen LogP contribution in [0.25, 0.3) is 0 Å². The summed E-state index contributed by atoms with van der Waals surface area (Å²) in [4.78, 5) is 10.2. The molecule has 0 aliphatic carbocycles. The fourth-order valence-corrected chi connectivity index (χ4v) is 4.06. The Bertz CT molecular complexity index is 1020. The summed E-state index contributed by atoms with van der Waals surface area (Å²) in [5.41, 5.74) is 0.689. The van der Waals surface area contributed by atoms with Crippen molar-refractivity contribution < 1.29 is 27.6 Å². The molecule has 0 saturated heterocycles. The zero-order valence-electron chi connectivity index (χ0n) is 15.6. The maximum absolute atomic E-state index is 12.8. The Morgan fingerprint density at radius 3 is 2.68 bits per heavy atom. The lowest BCUT2D eigenvalue weighted by Crippen LogP contribution is -2.14. The largest absolute Gasteiger partial charge is 0.492 e. The molecule has 9 nitrogen and oxygen atoms in total. The molecule has 150 valence electrons. The molecule has 0 bridgehead atoms. The Kier molecular flexibility index (Phi) is 5.32. The Morgan fingerprint density at radius 1 is 1.29 bits per heavy atom. The molecule has 0 spiro atoms. The van der Waals surface area contributed by atoms with Gasteiger partial charge in [0.15, 0.2) is 5.75 Å². The van der Waals surface area contributed by atoms with Gasteiger partial charge in [0.25, 0.3) is 10.0 Å². The van der Waals surface area contributed by atoms with Crippen LogP contribution in [0.1, 0.15) is 19.4 Å². The van der Waals surface area contributed by atoms with E-state index in [4.69, 9.17) is 14.2 Å². The highest BCUT2D eigenvalue weighted by Gasteiger charge is 2.26. The van der Waals surface area contributed by atoms with Crippen molar-refractivity contribution in [3.05, 3.63) is 46.0 Å². The van der Waals surface area contributed by atoms with Crippen molar-refractivity contribution in [1.82, 2.24) is 0 Å². The van der Waals surface area contributed by atoms with Crippen molar-refractivity contribution >= 4 is 21.4 Å². The minimum absolute atomic E-state index is 0.0134. The van der Waals surface area contributed by atoms with Crippen molar-refractivity contribution in [3.63, 3.8) is 0 Å².